The Morgan fingerprint density at radius 1 is 1.45 bits per heavy atom. The third kappa shape index (κ3) is 3.52. The van der Waals surface area contributed by atoms with Gasteiger partial charge in [-0.3, -0.25) is 0 Å². The van der Waals surface area contributed by atoms with E-state index in [2.05, 4.69) is 0 Å². The van der Waals surface area contributed by atoms with Gasteiger partial charge in [0.2, 0.25) is 0 Å². The van der Waals surface area contributed by atoms with Gasteiger partial charge in [-0.05, 0) is 34.7 Å². The van der Waals surface area contributed by atoms with Gasteiger partial charge >= 0.3 is 29.6 Å². The Bertz CT molecular complexity index is 271. The predicted molar refractivity (Wildman–Crippen MR) is 49.3 cm³/mol. The van der Waals surface area contributed by atoms with Crippen LogP contribution in [0.25, 0.3) is 0 Å². The van der Waals surface area contributed by atoms with Crippen molar-refractivity contribution in [3.63, 3.8) is 0 Å². The first-order valence-corrected chi connectivity index (χ1v) is 4.76. The van der Waals surface area contributed by atoms with E-state index in [0.29, 0.717) is 4.90 Å². The van der Waals surface area contributed by atoms with E-state index in [0.717, 1.165) is 3.57 Å². The molecule has 11 heavy (non-hydrogen) atoms. The molecule has 0 aliphatic heterocycles. The molecule has 0 aliphatic carbocycles. The van der Waals surface area contributed by atoms with Crippen LogP contribution in [-0.2, 0) is 11.1 Å². The summed E-state index contributed by atoms with van der Waals surface area (Å²) in [7, 11) is 0. The first kappa shape index (κ1) is 12.1. The molecule has 0 amide bonds. The van der Waals surface area contributed by atoms with E-state index in [1.165, 1.54) is 0 Å². The van der Waals surface area contributed by atoms with E-state index >= 15 is 0 Å². The van der Waals surface area contributed by atoms with Gasteiger partial charge in [0.1, 0.15) is 0 Å². The Morgan fingerprint density at radius 2 is 2.00 bits per heavy atom. The molecule has 2 nitrogen and oxygen atoms in total. The van der Waals surface area contributed by atoms with Crippen LogP contribution in [-0.4, -0.2) is 8.76 Å². The van der Waals surface area contributed by atoms with Crippen molar-refractivity contribution in [3.05, 3.63) is 27.8 Å². The maximum absolute atomic E-state index is 10.5. The maximum Gasteiger partial charge on any atom is 1.00 e. The van der Waals surface area contributed by atoms with Crippen LogP contribution in [0.4, 0.5) is 0 Å². The van der Waals surface area contributed by atoms with Gasteiger partial charge in [0.25, 0.3) is 0 Å². The largest absolute Gasteiger partial charge is 1.00 e. The standard InChI is InChI=1S/C6H5IO2S.Na.H/c7-5-3-1-2-4-6(5)10(8)9;;/h1-4H,(H,8,9);;/q;+1;-1. The molecule has 1 aromatic rings. The Labute approximate surface area is 105 Å². The van der Waals surface area contributed by atoms with Crippen molar-refractivity contribution in [1.29, 1.82) is 0 Å². The normalized spacial score (nSPS) is 11.8. The van der Waals surface area contributed by atoms with E-state index in [1.54, 1.807) is 18.2 Å². The molecule has 1 aromatic carbocycles. The summed E-state index contributed by atoms with van der Waals surface area (Å²) < 4.78 is 20.0. The fourth-order valence-corrected chi connectivity index (χ4v) is 1.97. The number of halogens is 1. The summed E-state index contributed by atoms with van der Waals surface area (Å²) in [4.78, 5) is 0.475. The molecule has 0 saturated heterocycles. The average Bonchev–Trinajstić information content (AvgIpc) is 1.88. The van der Waals surface area contributed by atoms with E-state index in [9.17, 15) is 4.21 Å². The molecule has 0 fully saturated rings. The molecule has 1 N–H and O–H groups in total. The molecule has 0 bridgehead atoms. The van der Waals surface area contributed by atoms with Crippen molar-refractivity contribution >= 4 is 33.7 Å². The van der Waals surface area contributed by atoms with Crippen molar-refractivity contribution in [2.75, 3.05) is 0 Å². The molecule has 0 aliphatic rings. The summed E-state index contributed by atoms with van der Waals surface area (Å²) in [6.45, 7) is 0. The quantitative estimate of drug-likeness (QED) is 0.409. The second-order valence-electron chi connectivity index (χ2n) is 1.68. The van der Waals surface area contributed by atoms with Gasteiger partial charge < -0.3 is 5.98 Å². The second-order valence-corrected chi connectivity index (χ2v) is 3.78. The van der Waals surface area contributed by atoms with Crippen molar-refractivity contribution in [2.45, 2.75) is 4.90 Å². The zero-order chi connectivity index (χ0) is 7.56. The van der Waals surface area contributed by atoms with Gasteiger partial charge in [0.15, 0.2) is 11.1 Å². The minimum atomic E-state index is -1.85. The molecular weight excluding hydrogens is 286 g/mol. The summed E-state index contributed by atoms with van der Waals surface area (Å²) in [5.41, 5.74) is 0. The van der Waals surface area contributed by atoms with Crippen LogP contribution in [0, 0.1) is 3.57 Å². The number of benzene rings is 1. The molecule has 1 rings (SSSR count). The number of rotatable bonds is 1. The van der Waals surface area contributed by atoms with Crippen LogP contribution in [0.5, 0.6) is 0 Å². The van der Waals surface area contributed by atoms with E-state index in [-0.39, 0.29) is 31.0 Å². The molecule has 1 atom stereocenters. The molecule has 0 heterocycles. The first-order valence-electron chi connectivity index (χ1n) is 2.57. The van der Waals surface area contributed by atoms with Crippen molar-refractivity contribution in [2.24, 2.45) is 0 Å². The molecule has 1 unspecified atom stereocenters. The van der Waals surface area contributed by atoms with Crippen LogP contribution in [0.3, 0.4) is 0 Å². The summed E-state index contributed by atoms with van der Waals surface area (Å²) in [5.74, 6) is 0. The topological polar surface area (TPSA) is 37.3 Å². The van der Waals surface area contributed by atoms with Gasteiger partial charge in [-0.15, -0.1) is 0 Å². The Morgan fingerprint density at radius 3 is 2.36 bits per heavy atom. The third-order valence-electron chi connectivity index (χ3n) is 1.02. The maximum atomic E-state index is 10.5. The predicted octanol–water partition coefficient (Wildman–Crippen LogP) is -1.01. The van der Waals surface area contributed by atoms with Crippen LogP contribution >= 0.6 is 22.6 Å². The fourth-order valence-electron chi connectivity index (χ4n) is 0.586. The van der Waals surface area contributed by atoms with Gasteiger partial charge in [0, 0.05) is 3.57 Å². The summed E-state index contributed by atoms with van der Waals surface area (Å²) in [5, 5.41) is 0. The summed E-state index contributed by atoms with van der Waals surface area (Å²) >= 11 is 0.175. The van der Waals surface area contributed by atoms with E-state index < -0.39 is 11.1 Å². The van der Waals surface area contributed by atoms with E-state index in [1.807, 2.05) is 28.7 Å². The first-order chi connectivity index (χ1) is 4.72. The monoisotopic (exact) mass is 292 g/mol. The molecule has 56 valence electrons. The van der Waals surface area contributed by atoms with Crippen LogP contribution in [0.15, 0.2) is 29.2 Å². The number of hydrogen-bond donors (Lipinski definition) is 1. The molecule has 5 heteroatoms. The average molecular weight is 292 g/mol. The fraction of sp³-hybridized carbons (Fsp3) is 0. The molecule has 0 radical (unpaired) electrons. The van der Waals surface area contributed by atoms with Crippen molar-refractivity contribution in [3.8, 4) is 0 Å². The minimum absolute atomic E-state index is 0. The number of hydrogen-bond acceptors (Lipinski definition) is 1. The van der Waals surface area contributed by atoms with Crippen LogP contribution < -0.4 is 29.6 Å². The second kappa shape index (κ2) is 5.66. The SMILES string of the molecule is O=S(O)c1ccccc1I.[H-].[Na+]. The smallest absolute Gasteiger partial charge is 1.00 e. The zero-order valence-corrected chi connectivity index (χ0v) is 10.9. The Balaban J connectivity index is 0. The Hall–Kier alpha value is 1.06. The van der Waals surface area contributed by atoms with Gasteiger partial charge in [-0.25, -0.2) is 4.21 Å². The third-order valence-corrected chi connectivity index (χ3v) is 3.06. The Kier molecular flexibility index (Phi) is 6.21. The van der Waals surface area contributed by atoms with Crippen LogP contribution in [0.1, 0.15) is 1.43 Å². The molecule has 0 saturated carbocycles. The molecule has 0 spiro atoms. The van der Waals surface area contributed by atoms with Crippen molar-refractivity contribution < 1.29 is 39.7 Å². The molecule has 0 aromatic heterocycles. The van der Waals surface area contributed by atoms with Crippen molar-refractivity contribution in [1.82, 2.24) is 0 Å². The zero-order valence-electron chi connectivity index (χ0n) is 6.95. The van der Waals surface area contributed by atoms with Gasteiger partial charge in [0.05, 0.1) is 4.90 Å². The summed E-state index contributed by atoms with van der Waals surface area (Å²) in [6, 6.07) is 7.01. The van der Waals surface area contributed by atoms with Crippen LogP contribution in [0.2, 0.25) is 0 Å². The molecular formula is C6H6INaO2S. The summed E-state index contributed by atoms with van der Waals surface area (Å²) in [6.07, 6.45) is 0. The van der Waals surface area contributed by atoms with Gasteiger partial charge in [-0.1, -0.05) is 12.1 Å². The van der Waals surface area contributed by atoms with Gasteiger partial charge in [-0.2, -0.15) is 0 Å². The minimum Gasteiger partial charge on any atom is -1.00 e. The van der Waals surface area contributed by atoms with E-state index in [4.69, 9.17) is 4.55 Å².